The Morgan fingerprint density at radius 2 is 0.524 bits per heavy atom. The molecule has 6 heteroatoms. The number of esters is 3. The average molecular weight is 887 g/mol. The second-order valence-corrected chi connectivity index (χ2v) is 18.8. The summed E-state index contributed by atoms with van der Waals surface area (Å²) < 4.78 is 16.8. The Bertz CT molecular complexity index is 1020. The highest BCUT2D eigenvalue weighted by Gasteiger charge is 2.19. The van der Waals surface area contributed by atoms with Gasteiger partial charge >= 0.3 is 17.9 Å². The monoisotopic (exact) mass is 887 g/mol. The highest BCUT2D eigenvalue weighted by molar-refractivity contribution is 5.71. The Morgan fingerprint density at radius 3 is 0.794 bits per heavy atom. The number of unbranched alkanes of at least 4 members (excludes halogenated alkanes) is 36. The van der Waals surface area contributed by atoms with E-state index < -0.39 is 6.10 Å². The van der Waals surface area contributed by atoms with E-state index in [1.807, 2.05) is 0 Å². The van der Waals surface area contributed by atoms with Crippen LogP contribution in [-0.4, -0.2) is 37.2 Å². The van der Waals surface area contributed by atoms with Crippen LogP contribution in [0.3, 0.4) is 0 Å². The normalized spacial score (nSPS) is 12.1. The molecule has 0 fully saturated rings. The molecule has 0 aliphatic carbocycles. The molecular weight excluding hydrogens is 781 g/mol. The van der Waals surface area contributed by atoms with E-state index in [2.05, 4.69) is 45.1 Å². The number of rotatable bonds is 51. The van der Waals surface area contributed by atoms with Crippen LogP contribution >= 0.6 is 0 Å². The Morgan fingerprint density at radius 1 is 0.302 bits per heavy atom. The first-order valence-electron chi connectivity index (χ1n) is 27.8. The molecule has 370 valence electrons. The molecule has 0 aromatic rings. The van der Waals surface area contributed by atoms with Crippen LogP contribution in [0, 0.1) is 0 Å². The summed E-state index contributed by atoms with van der Waals surface area (Å²) in [6.07, 6.45) is 60.2. The number of ether oxygens (including phenoxy) is 3. The molecule has 0 saturated heterocycles. The maximum Gasteiger partial charge on any atom is 0.306 e. The summed E-state index contributed by atoms with van der Waals surface area (Å²) in [7, 11) is 0. The fourth-order valence-electron chi connectivity index (χ4n) is 8.20. The zero-order valence-electron chi connectivity index (χ0n) is 42.4. The van der Waals surface area contributed by atoms with Gasteiger partial charge in [0.05, 0.1) is 0 Å². The van der Waals surface area contributed by atoms with Crippen molar-refractivity contribution < 1.29 is 28.6 Å². The topological polar surface area (TPSA) is 78.9 Å². The molecule has 63 heavy (non-hydrogen) atoms. The van der Waals surface area contributed by atoms with Gasteiger partial charge in [0.15, 0.2) is 6.10 Å². The van der Waals surface area contributed by atoms with Crippen LogP contribution in [0.1, 0.15) is 303 Å². The predicted molar refractivity (Wildman–Crippen MR) is 270 cm³/mol. The van der Waals surface area contributed by atoms with Crippen molar-refractivity contribution in [1.82, 2.24) is 0 Å². The molecule has 0 aliphatic rings. The van der Waals surface area contributed by atoms with Crippen LogP contribution in [0.5, 0.6) is 0 Å². The molecule has 0 bridgehead atoms. The lowest BCUT2D eigenvalue weighted by Gasteiger charge is -2.18. The van der Waals surface area contributed by atoms with Crippen molar-refractivity contribution in [2.24, 2.45) is 0 Å². The predicted octanol–water partition coefficient (Wildman–Crippen LogP) is 18.3. The molecule has 1 atom stereocenters. The fraction of sp³-hybridized carbons (Fsp3) is 0.877. The molecule has 0 heterocycles. The van der Waals surface area contributed by atoms with E-state index in [1.54, 1.807) is 0 Å². The van der Waals surface area contributed by atoms with E-state index in [-0.39, 0.29) is 31.1 Å². The summed E-state index contributed by atoms with van der Waals surface area (Å²) >= 11 is 0. The van der Waals surface area contributed by atoms with E-state index in [0.29, 0.717) is 19.3 Å². The molecule has 6 nitrogen and oxygen atoms in total. The van der Waals surface area contributed by atoms with Gasteiger partial charge in [0.25, 0.3) is 0 Å². The van der Waals surface area contributed by atoms with Crippen LogP contribution in [0.25, 0.3) is 0 Å². The summed E-state index contributed by atoms with van der Waals surface area (Å²) in [6, 6.07) is 0. The molecule has 0 amide bonds. The summed E-state index contributed by atoms with van der Waals surface area (Å²) in [6.45, 7) is 6.65. The van der Waals surface area contributed by atoms with Gasteiger partial charge in [-0.2, -0.15) is 0 Å². The van der Waals surface area contributed by atoms with Crippen molar-refractivity contribution in [1.29, 1.82) is 0 Å². The SMILES string of the molecule is CCCCCCCC/C=C\CCCCCCCCCC(=O)OCC(COC(=O)CCCCCCCCCCCCCC)OC(=O)CCCCCCC/C=C\CCCCCCCCC. The molecular formula is C57H106O6. The summed E-state index contributed by atoms with van der Waals surface area (Å²) in [5.74, 6) is -0.869. The third kappa shape index (κ3) is 50.7. The van der Waals surface area contributed by atoms with Gasteiger partial charge in [-0.25, -0.2) is 0 Å². The largest absolute Gasteiger partial charge is 0.462 e. The second kappa shape index (κ2) is 52.5. The molecule has 0 N–H and O–H groups in total. The summed E-state index contributed by atoms with van der Waals surface area (Å²) in [4.78, 5) is 38.0. The van der Waals surface area contributed by atoms with Crippen molar-refractivity contribution in [3.8, 4) is 0 Å². The van der Waals surface area contributed by atoms with Gasteiger partial charge in [-0.05, 0) is 70.6 Å². The van der Waals surface area contributed by atoms with Gasteiger partial charge in [0.1, 0.15) is 13.2 Å². The van der Waals surface area contributed by atoms with Gasteiger partial charge in [-0.1, -0.05) is 238 Å². The minimum atomic E-state index is -0.773. The maximum absolute atomic E-state index is 12.8. The van der Waals surface area contributed by atoms with Gasteiger partial charge < -0.3 is 14.2 Å². The molecule has 0 aromatic carbocycles. The number of allylic oxidation sites excluding steroid dienone is 4. The third-order valence-electron chi connectivity index (χ3n) is 12.4. The zero-order valence-corrected chi connectivity index (χ0v) is 42.4. The van der Waals surface area contributed by atoms with Crippen molar-refractivity contribution in [3.63, 3.8) is 0 Å². The first-order valence-corrected chi connectivity index (χ1v) is 27.8. The number of carbonyl (C=O) groups excluding carboxylic acids is 3. The Hall–Kier alpha value is -2.11. The van der Waals surface area contributed by atoms with E-state index >= 15 is 0 Å². The van der Waals surface area contributed by atoms with Crippen molar-refractivity contribution in [3.05, 3.63) is 24.3 Å². The lowest BCUT2D eigenvalue weighted by atomic mass is 10.0. The quantitative estimate of drug-likeness (QED) is 0.0262. The number of hydrogen-bond acceptors (Lipinski definition) is 6. The maximum atomic E-state index is 12.8. The van der Waals surface area contributed by atoms with Gasteiger partial charge in [-0.3, -0.25) is 14.4 Å². The van der Waals surface area contributed by atoms with E-state index in [9.17, 15) is 14.4 Å². The van der Waals surface area contributed by atoms with E-state index in [4.69, 9.17) is 14.2 Å². The molecule has 0 rings (SSSR count). The van der Waals surface area contributed by atoms with Gasteiger partial charge in [0.2, 0.25) is 0 Å². The molecule has 1 unspecified atom stereocenters. The lowest BCUT2D eigenvalue weighted by Crippen LogP contribution is -2.30. The highest BCUT2D eigenvalue weighted by Crippen LogP contribution is 2.16. The molecule has 0 spiro atoms. The minimum absolute atomic E-state index is 0.0719. The van der Waals surface area contributed by atoms with Crippen LogP contribution < -0.4 is 0 Å². The van der Waals surface area contributed by atoms with E-state index in [1.165, 1.54) is 199 Å². The Labute approximate surface area is 392 Å². The average Bonchev–Trinajstić information content (AvgIpc) is 3.28. The van der Waals surface area contributed by atoms with Crippen LogP contribution in [0.15, 0.2) is 24.3 Å². The molecule has 0 aromatic heterocycles. The van der Waals surface area contributed by atoms with Crippen LogP contribution in [-0.2, 0) is 28.6 Å². The summed E-state index contributed by atoms with van der Waals surface area (Å²) in [5.41, 5.74) is 0. The number of hydrogen-bond donors (Lipinski definition) is 0. The van der Waals surface area contributed by atoms with E-state index in [0.717, 1.165) is 64.2 Å². The zero-order chi connectivity index (χ0) is 45.8. The number of carbonyl (C=O) groups is 3. The third-order valence-corrected chi connectivity index (χ3v) is 12.4. The lowest BCUT2D eigenvalue weighted by molar-refractivity contribution is -0.167. The Balaban J connectivity index is 4.34. The van der Waals surface area contributed by atoms with Crippen molar-refractivity contribution >= 4 is 17.9 Å². The van der Waals surface area contributed by atoms with Crippen molar-refractivity contribution in [2.45, 2.75) is 309 Å². The molecule has 0 saturated carbocycles. The highest BCUT2D eigenvalue weighted by atomic mass is 16.6. The molecule has 0 radical (unpaired) electrons. The first kappa shape index (κ1) is 60.9. The molecule has 0 aliphatic heterocycles. The van der Waals surface area contributed by atoms with Gasteiger partial charge in [0, 0.05) is 19.3 Å². The fourth-order valence-corrected chi connectivity index (χ4v) is 8.20. The Kier molecular flexibility index (Phi) is 50.8. The van der Waals surface area contributed by atoms with Crippen LogP contribution in [0.4, 0.5) is 0 Å². The standard InChI is InChI=1S/C57H106O6/c1-4-7-10-13-16-19-22-25-27-29-31-32-35-38-41-44-47-50-56(59)62-53-54(52-61-55(58)49-46-43-40-37-34-24-21-18-15-12-9-6-3)63-57(60)51-48-45-42-39-36-33-30-28-26-23-20-17-14-11-8-5-2/h25,27-28,30,54H,4-24,26,29,31-53H2,1-3H3/b27-25-,30-28-. The van der Waals surface area contributed by atoms with Crippen molar-refractivity contribution in [2.75, 3.05) is 13.2 Å². The van der Waals surface area contributed by atoms with Gasteiger partial charge in [-0.15, -0.1) is 0 Å². The first-order chi connectivity index (χ1) is 31.0. The van der Waals surface area contributed by atoms with Crippen LogP contribution in [0.2, 0.25) is 0 Å². The minimum Gasteiger partial charge on any atom is -0.462 e. The second-order valence-electron chi connectivity index (χ2n) is 18.8. The summed E-state index contributed by atoms with van der Waals surface area (Å²) in [5, 5.41) is 0. The smallest absolute Gasteiger partial charge is 0.306 e.